The molecule has 0 amide bonds. The van der Waals surface area contributed by atoms with Crippen LogP contribution in [0, 0.1) is 0 Å². The molecule has 4 rings (SSSR count). The van der Waals surface area contributed by atoms with Crippen molar-refractivity contribution >= 4 is 28.7 Å². The van der Waals surface area contributed by atoms with Gasteiger partial charge in [-0.05, 0) is 43.1 Å². The maximum atomic E-state index is 11.0. The molecule has 3 heterocycles. The van der Waals surface area contributed by atoms with E-state index in [4.69, 9.17) is 5.11 Å². The molecule has 3 aromatic rings. The van der Waals surface area contributed by atoms with Crippen LogP contribution in [0.4, 0.5) is 0 Å². The molecule has 1 aliphatic rings. The quantitative estimate of drug-likeness (QED) is 0.755. The Bertz CT molecular complexity index is 890. The topological polar surface area (TPSA) is 84.1 Å². The molecule has 1 aliphatic heterocycles. The Morgan fingerprint density at radius 1 is 1.28 bits per heavy atom. The third kappa shape index (κ3) is 3.54. The van der Waals surface area contributed by atoms with Gasteiger partial charge in [0.1, 0.15) is 17.6 Å². The van der Waals surface area contributed by atoms with Crippen molar-refractivity contribution in [2.24, 2.45) is 0 Å². The standard InChI is InChI=1S/C17H19N5O2S/c23-17(24)11-22-16(5-6-18-22)13-2-1-7-21(10-13)9-12-3-4-14-15(8-12)20-25-19-14/h3-6,8,13H,1-2,7,9-11H2,(H,23,24)/t13-/m0/s1. The number of hydrogen-bond acceptors (Lipinski definition) is 6. The summed E-state index contributed by atoms with van der Waals surface area (Å²) in [7, 11) is 0. The first-order chi connectivity index (χ1) is 12.2. The number of carbonyl (C=O) groups is 1. The van der Waals surface area contributed by atoms with Gasteiger partial charge in [-0.3, -0.25) is 14.4 Å². The average molecular weight is 357 g/mol. The molecule has 0 bridgehead atoms. The second-order valence-corrected chi connectivity index (χ2v) is 7.00. The molecule has 2 aromatic heterocycles. The minimum atomic E-state index is -0.859. The smallest absolute Gasteiger partial charge is 0.325 e. The van der Waals surface area contributed by atoms with Gasteiger partial charge >= 0.3 is 5.97 Å². The number of piperidine rings is 1. The van der Waals surface area contributed by atoms with Crippen LogP contribution in [0.15, 0.2) is 30.5 Å². The van der Waals surface area contributed by atoms with Crippen LogP contribution in [0.25, 0.3) is 11.0 Å². The van der Waals surface area contributed by atoms with E-state index in [1.165, 1.54) is 17.3 Å². The molecule has 1 aromatic carbocycles. The van der Waals surface area contributed by atoms with Crippen LogP contribution in [0.2, 0.25) is 0 Å². The summed E-state index contributed by atoms with van der Waals surface area (Å²) in [6, 6.07) is 8.20. The lowest BCUT2D eigenvalue weighted by molar-refractivity contribution is -0.137. The Labute approximate surface area is 149 Å². The molecule has 130 valence electrons. The van der Waals surface area contributed by atoms with Crippen LogP contribution >= 0.6 is 11.7 Å². The van der Waals surface area contributed by atoms with Gasteiger partial charge in [-0.1, -0.05) is 6.07 Å². The molecule has 1 fully saturated rings. The van der Waals surface area contributed by atoms with Crippen molar-refractivity contribution in [1.82, 2.24) is 23.4 Å². The first kappa shape index (κ1) is 16.2. The van der Waals surface area contributed by atoms with E-state index >= 15 is 0 Å². The number of nitrogens with zero attached hydrogens (tertiary/aromatic N) is 5. The van der Waals surface area contributed by atoms with Gasteiger partial charge < -0.3 is 5.11 Å². The monoisotopic (exact) mass is 357 g/mol. The third-order valence-electron chi connectivity index (χ3n) is 4.68. The predicted molar refractivity (Wildman–Crippen MR) is 94.5 cm³/mol. The predicted octanol–water partition coefficient (Wildman–Crippen LogP) is 2.35. The molecule has 0 saturated carbocycles. The Morgan fingerprint density at radius 3 is 3.04 bits per heavy atom. The maximum absolute atomic E-state index is 11.0. The summed E-state index contributed by atoms with van der Waals surface area (Å²) < 4.78 is 10.2. The number of carboxylic acids is 1. The number of fused-ring (bicyclic) bond motifs is 1. The largest absolute Gasteiger partial charge is 0.480 e. The highest BCUT2D eigenvalue weighted by atomic mass is 32.1. The van der Waals surface area contributed by atoms with E-state index in [0.29, 0.717) is 5.92 Å². The zero-order valence-corrected chi connectivity index (χ0v) is 14.5. The van der Waals surface area contributed by atoms with Crippen molar-refractivity contribution in [2.45, 2.75) is 31.8 Å². The first-order valence-electron chi connectivity index (χ1n) is 8.36. The van der Waals surface area contributed by atoms with Crippen LogP contribution in [0.3, 0.4) is 0 Å². The molecular weight excluding hydrogens is 338 g/mol. The summed E-state index contributed by atoms with van der Waals surface area (Å²) >= 11 is 1.24. The third-order valence-corrected chi connectivity index (χ3v) is 5.24. The minimum Gasteiger partial charge on any atom is -0.480 e. The van der Waals surface area contributed by atoms with Crippen LogP contribution in [0.5, 0.6) is 0 Å². The molecule has 1 N–H and O–H groups in total. The highest BCUT2D eigenvalue weighted by Crippen LogP contribution is 2.28. The molecule has 1 atom stereocenters. The van der Waals surface area contributed by atoms with Crippen LogP contribution < -0.4 is 0 Å². The fourth-order valence-electron chi connectivity index (χ4n) is 3.57. The Balaban J connectivity index is 1.47. The van der Waals surface area contributed by atoms with Gasteiger partial charge in [0.15, 0.2) is 0 Å². The molecule has 25 heavy (non-hydrogen) atoms. The summed E-state index contributed by atoms with van der Waals surface area (Å²) in [6.07, 6.45) is 3.86. The van der Waals surface area contributed by atoms with Gasteiger partial charge in [-0.25, -0.2) is 0 Å². The van der Waals surface area contributed by atoms with Gasteiger partial charge in [0.25, 0.3) is 0 Å². The van der Waals surface area contributed by atoms with E-state index in [1.54, 1.807) is 10.9 Å². The molecule has 1 saturated heterocycles. The number of likely N-dealkylation sites (tertiary alicyclic amines) is 1. The van der Waals surface area contributed by atoms with E-state index in [2.05, 4.69) is 30.9 Å². The molecule has 0 radical (unpaired) electrons. The summed E-state index contributed by atoms with van der Waals surface area (Å²) in [5.74, 6) is -0.539. The van der Waals surface area contributed by atoms with Crippen molar-refractivity contribution < 1.29 is 9.90 Å². The highest BCUT2D eigenvalue weighted by molar-refractivity contribution is 7.00. The fraction of sp³-hybridized carbons (Fsp3) is 0.412. The molecule has 0 spiro atoms. The molecule has 0 unspecified atom stereocenters. The van der Waals surface area contributed by atoms with Gasteiger partial charge in [0.2, 0.25) is 0 Å². The summed E-state index contributed by atoms with van der Waals surface area (Å²) in [6.45, 7) is 2.76. The van der Waals surface area contributed by atoms with Gasteiger partial charge in [0.05, 0.1) is 11.7 Å². The van der Waals surface area contributed by atoms with Gasteiger partial charge in [-0.15, -0.1) is 0 Å². The number of rotatable bonds is 5. The van der Waals surface area contributed by atoms with E-state index < -0.39 is 5.97 Å². The lowest BCUT2D eigenvalue weighted by Gasteiger charge is -2.33. The number of benzene rings is 1. The lowest BCUT2D eigenvalue weighted by Crippen LogP contribution is -2.35. The normalized spacial score (nSPS) is 18.6. The van der Waals surface area contributed by atoms with Gasteiger partial charge in [0, 0.05) is 30.9 Å². The van der Waals surface area contributed by atoms with Crippen molar-refractivity contribution in [3.63, 3.8) is 0 Å². The second-order valence-electron chi connectivity index (χ2n) is 6.47. The summed E-state index contributed by atoms with van der Waals surface area (Å²) in [5.41, 5.74) is 4.16. The van der Waals surface area contributed by atoms with Crippen LogP contribution in [-0.2, 0) is 17.9 Å². The lowest BCUT2D eigenvalue weighted by atomic mass is 9.94. The van der Waals surface area contributed by atoms with E-state index in [9.17, 15) is 4.79 Å². The van der Waals surface area contributed by atoms with Crippen molar-refractivity contribution in [3.05, 3.63) is 41.7 Å². The van der Waals surface area contributed by atoms with E-state index in [0.717, 1.165) is 49.2 Å². The number of carboxylic acid groups (broad SMARTS) is 1. The van der Waals surface area contributed by atoms with Gasteiger partial charge in [-0.2, -0.15) is 13.8 Å². The molecular formula is C17H19N5O2S. The average Bonchev–Trinajstić information content (AvgIpc) is 3.23. The van der Waals surface area contributed by atoms with Crippen molar-refractivity contribution in [1.29, 1.82) is 0 Å². The Kier molecular flexibility index (Phi) is 4.46. The van der Waals surface area contributed by atoms with Crippen LogP contribution in [0.1, 0.15) is 30.0 Å². The zero-order chi connectivity index (χ0) is 17.2. The Morgan fingerprint density at radius 2 is 2.16 bits per heavy atom. The maximum Gasteiger partial charge on any atom is 0.325 e. The van der Waals surface area contributed by atoms with Crippen LogP contribution in [-0.4, -0.2) is 47.6 Å². The van der Waals surface area contributed by atoms with Crippen molar-refractivity contribution in [2.75, 3.05) is 13.1 Å². The molecule has 8 heteroatoms. The Hall–Kier alpha value is -2.32. The highest BCUT2D eigenvalue weighted by Gasteiger charge is 2.24. The SMILES string of the molecule is O=C(O)Cn1nccc1[C@H]1CCCN(Cc2ccc3nsnc3c2)C1. The first-order valence-corrected chi connectivity index (χ1v) is 9.09. The van der Waals surface area contributed by atoms with Crippen molar-refractivity contribution in [3.8, 4) is 0 Å². The number of hydrogen-bond donors (Lipinski definition) is 1. The zero-order valence-electron chi connectivity index (χ0n) is 13.7. The fourth-order valence-corrected chi connectivity index (χ4v) is 4.09. The van der Waals surface area contributed by atoms with E-state index in [1.807, 2.05) is 12.1 Å². The minimum absolute atomic E-state index is 0.0771. The molecule has 0 aliphatic carbocycles. The summed E-state index contributed by atoms with van der Waals surface area (Å²) in [4.78, 5) is 13.4. The number of aromatic nitrogens is 4. The second kappa shape index (κ2) is 6.89. The molecule has 7 nitrogen and oxygen atoms in total. The number of aliphatic carboxylic acids is 1. The van der Waals surface area contributed by atoms with E-state index in [-0.39, 0.29) is 6.54 Å². The summed E-state index contributed by atoms with van der Waals surface area (Å²) in [5, 5.41) is 13.2.